The minimum Gasteiger partial charge on any atom is -0.373 e. The van der Waals surface area contributed by atoms with Crippen molar-refractivity contribution in [1.29, 1.82) is 0 Å². The van der Waals surface area contributed by atoms with Gasteiger partial charge in [0, 0.05) is 18.5 Å². The highest BCUT2D eigenvalue weighted by atomic mass is 32.1. The SMILES string of the molecule is CC1=CNC(C=S)(C(C)(F)F)C=C1. The number of thiocarbonyl (C=S) groups is 1. The lowest BCUT2D eigenvalue weighted by molar-refractivity contribution is -0.0184. The van der Waals surface area contributed by atoms with Crippen molar-refractivity contribution in [2.75, 3.05) is 0 Å². The van der Waals surface area contributed by atoms with E-state index in [4.69, 9.17) is 0 Å². The molecule has 0 aliphatic carbocycles. The van der Waals surface area contributed by atoms with Gasteiger partial charge in [-0.2, -0.15) is 0 Å². The van der Waals surface area contributed by atoms with Crippen molar-refractivity contribution in [3.63, 3.8) is 0 Å². The first-order valence-electron chi connectivity index (χ1n) is 3.89. The largest absolute Gasteiger partial charge is 0.373 e. The van der Waals surface area contributed by atoms with Crippen molar-refractivity contribution < 1.29 is 8.78 Å². The smallest absolute Gasteiger partial charge is 0.275 e. The van der Waals surface area contributed by atoms with Crippen molar-refractivity contribution in [3.05, 3.63) is 23.9 Å². The predicted octanol–water partition coefficient (Wildman–Crippen LogP) is 2.44. The molecule has 1 nitrogen and oxygen atoms in total. The van der Waals surface area contributed by atoms with E-state index in [0.717, 1.165) is 17.9 Å². The fraction of sp³-hybridized carbons (Fsp3) is 0.444. The van der Waals surface area contributed by atoms with E-state index >= 15 is 0 Å². The third-order valence-corrected chi connectivity index (χ3v) is 2.43. The van der Waals surface area contributed by atoms with Gasteiger partial charge in [-0.25, -0.2) is 8.78 Å². The molecule has 0 radical (unpaired) electrons. The highest BCUT2D eigenvalue weighted by Crippen LogP contribution is 2.30. The molecule has 72 valence electrons. The number of hydrogen-bond donors (Lipinski definition) is 1. The Balaban J connectivity index is 3.01. The molecule has 0 aromatic carbocycles. The van der Waals surface area contributed by atoms with Gasteiger partial charge in [-0.1, -0.05) is 18.3 Å². The van der Waals surface area contributed by atoms with Crippen LogP contribution in [-0.2, 0) is 0 Å². The average Bonchev–Trinajstić information content (AvgIpc) is 2.04. The van der Waals surface area contributed by atoms with Gasteiger partial charge in [-0.05, 0) is 18.6 Å². The molecule has 1 unspecified atom stereocenters. The summed E-state index contributed by atoms with van der Waals surface area (Å²) in [5.74, 6) is -2.90. The molecule has 0 bridgehead atoms. The van der Waals surface area contributed by atoms with Crippen molar-refractivity contribution in [2.24, 2.45) is 0 Å². The summed E-state index contributed by atoms with van der Waals surface area (Å²) in [5, 5.41) is 3.68. The summed E-state index contributed by atoms with van der Waals surface area (Å²) in [6.45, 7) is 2.67. The summed E-state index contributed by atoms with van der Waals surface area (Å²) in [5.41, 5.74) is -0.612. The average molecular weight is 203 g/mol. The van der Waals surface area contributed by atoms with Crippen LogP contribution in [0.25, 0.3) is 0 Å². The molecule has 0 spiro atoms. The number of alkyl halides is 2. The Morgan fingerprint density at radius 3 is 2.54 bits per heavy atom. The van der Waals surface area contributed by atoms with Crippen LogP contribution >= 0.6 is 12.2 Å². The van der Waals surface area contributed by atoms with Crippen LogP contribution < -0.4 is 5.32 Å². The molecule has 0 fully saturated rings. The highest BCUT2D eigenvalue weighted by Gasteiger charge is 2.46. The summed E-state index contributed by atoms with van der Waals surface area (Å²) in [4.78, 5) is 0. The van der Waals surface area contributed by atoms with Crippen LogP contribution in [0.5, 0.6) is 0 Å². The van der Waals surface area contributed by atoms with E-state index < -0.39 is 11.5 Å². The number of allylic oxidation sites excluding steroid dienone is 2. The van der Waals surface area contributed by atoms with Crippen LogP contribution in [-0.4, -0.2) is 16.8 Å². The van der Waals surface area contributed by atoms with Crippen molar-refractivity contribution >= 4 is 17.6 Å². The van der Waals surface area contributed by atoms with E-state index in [-0.39, 0.29) is 0 Å². The molecule has 4 heteroatoms. The van der Waals surface area contributed by atoms with Crippen molar-refractivity contribution in [1.82, 2.24) is 5.32 Å². The summed E-state index contributed by atoms with van der Waals surface area (Å²) in [6.07, 6.45) is 4.58. The lowest BCUT2D eigenvalue weighted by atomic mass is 9.91. The normalized spacial score (nSPS) is 27.8. The van der Waals surface area contributed by atoms with Crippen molar-refractivity contribution in [2.45, 2.75) is 25.3 Å². The van der Waals surface area contributed by atoms with Gasteiger partial charge >= 0.3 is 0 Å². The maximum absolute atomic E-state index is 13.1. The van der Waals surface area contributed by atoms with E-state index in [1.54, 1.807) is 12.3 Å². The Morgan fingerprint density at radius 1 is 1.62 bits per heavy atom. The Hall–Kier alpha value is -0.770. The molecule has 1 atom stereocenters. The Kier molecular flexibility index (Phi) is 2.52. The molecular weight excluding hydrogens is 192 g/mol. The molecule has 13 heavy (non-hydrogen) atoms. The fourth-order valence-electron chi connectivity index (χ4n) is 1.04. The molecular formula is C9H11F2NS. The maximum Gasteiger partial charge on any atom is 0.275 e. The van der Waals surface area contributed by atoms with Gasteiger partial charge in [0.25, 0.3) is 5.92 Å². The first-order chi connectivity index (χ1) is 5.91. The van der Waals surface area contributed by atoms with Gasteiger partial charge in [0.1, 0.15) is 5.54 Å². The minimum absolute atomic E-state index is 0.849. The zero-order valence-electron chi connectivity index (χ0n) is 7.47. The van der Waals surface area contributed by atoms with Crippen LogP contribution in [0.1, 0.15) is 13.8 Å². The number of rotatable bonds is 2. The van der Waals surface area contributed by atoms with Crippen LogP contribution in [0.2, 0.25) is 0 Å². The lowest BCUT2D eigenvalue weighted by Crippen LogP contribution is -2.56. The quantitative estimate of drug-likeness (QED) is 0.692. The van der Waals surface area contributed by atoms with Crippen molar-refractivity contribution in [3.8, 4) is 0 Å². The zero-order valence-corrected chi connectivity index (χ0v) is 8.29. The van der Waals surface area contributed by atoms with Gasteiger partial charge in [0.05, 0.1) is 0 Å². The monoisotopic (exact) mass is 203 g/mol. The highest BCUT2D eigenvalue weighted by molar-refractivity contribution is 7.79. The Morgan fingerprint density at radius 2 is 2.23 bits per heavy atom. The molecule has 1 heterocycles. The third kappa shape index (κ3) is 1.77. The summed E-state index contributed by atoms with van der Waals surface area (Å²) < 4.78 is 26.3. The van der Waals surface area contributed by atoms with E-state index in [9.17, 15) is 8.78 Å². The first kappa shape index (κ1) is 10.3. The molecule has 0 aromatic rings. The first-order valence-corrected chi connectivity index (χ1v) is 4.36. The van der Waals surface area contributed by atoms with Gasteiger partial charge < -0.3 is 5.32 Å². The number of dihydropyridines is 1. The van der Waals surface area contributed by atoms with Crippen LogP contribution in [0.4, 0.5) is 8.78 Å². The van der Waals surface area contributed by atoms with E-state index in [2.05, 4.69) is 17.5 Å². The Bertz CT molecular complexity index is 278. The second kappa shape index (κ2) is 3.18. The number of hydrogen-bond acceptors (Lipinski definition) is 2. The van der Waals surface area contributed by atoms with E-state index in [1.165, 1.54) is 6.08 Å². The molecule has 0 saturated heterocycles. The predicted molar refractivity (Wildman–Crippen MR) is 53.0 cm³/mol. The summed E-state index contributed by atoms with van der Waals surface area (Å²) in [7, 11) is 0. The summed E-state index contributed by atoms with van der Waals surface area (Å²) >= 11 is 4.62. The zero-order chi connectivity index (χ0) is 10.1. The molecule has 0 saturated carbocycles. The summed E-state index contributed by atoms with van der Waals surface area (Å²) in [6, 6.07) is 0. The molecule has 1 aliphatic rings. The topological polar surface area (TPSA) is 12.0 Å². The second-order valence-corrected chi connectivity index (χ2v) is 3.48. The van der Waals surface area contributed by atoms with E-state index in [0.29, 0.717) is 0 Å². The molecule has 1 N–H and O–H groups in total. The maximum atomic E-state index is 13.1. The third-order valence-electron chi connectivity index (χ3n) is 2.06. The number of nitrogens with one attached hydrogen (secondary N) is 1. The van der Waals surface area contributed by atoms with Crippen LogP contribution in [0, 0.1) is 0 Å². The van der Waals surface area contributed by atoms with Gasteiger partial charge in [0.2, 0.25) is 0 Å². The van der Waals surface area contributed by atoms with Gasteiger partial charge in [-0.3, -0.25) is 0 Å². The van der Waals surface area contributed by atoms with Gasteiger partial charge in [-0.15, -0.1) is 0 Å². The minimum atomic E-state index is -2.90. The molecule has 0 aromatic heterocycles. The standard InChI is InChI=1S/C9H11F2NS/c1-7-3-4-9(6-13,12-5-7)8(2,10)11/h3-6,12H,1-2H3. The fourth-order valence-corrected chi connectivity index (χ4v) is 1.40. The molecule has 0 amide bonds. The van der Waals surface area contributed by atoms with Crippen LogP contribution in [0.15, 0.2) is 23.9 Å². The van der Waals surface area contributed by atoms with E-state index in [1.807, 2.05) is 6.92 Å². The van der Waals surface area contributed by atoms with Gasteiger partial charge in [0.15, 0.2) is 0 Å². The lowest BCUT2D eigenvalue weighted by Gasteiger charge is -2.34. The Labute approximate surface area is 81.5 Å². The molecule has 1 aliphatic heterocycles. The molecule has 1 rings (SSSR count). The number of halogens is 2. The van der Waals surface area contributed by atoms with Crippen LogP contribution in [0.3, 0.4) is 0 Å². The second-order valence-electron chi connectivity index (χ2n) is 3.24.